The molecule has 1 heterocycles. The summed E-state index contributed by atoms with van der Waals surface area (Å²) >= 11 is 0. The molecule has 1 aliphatic rings. The number of hydrogen-bond donors (Lipinski definition) is 7. The third kappa shape index (κ3) is 30.6. The number of aliphatic hydroxyl groups excluding tert-OH is 5. The standard InChI is InChI=1S/C47H91NO12S/c1-3-5-7-9-11-13-15-17-19-20-22-23-25-27-29-31-33-35-40(50)39(38-58-47-44(53)45(60-61(55,56)57)43(52)42(37-49)59-47)48-46(54)41(51)36-34-32-30-28-26-24-21-18-16-14-12-10-8-6-4-2/h33,35,39-45,47,49-53H,3-32,34,36-38H2,1-2H3,(H,48,54)(H,55,56,57)/b35-33+. The molecule has 0 radical (unpaired) electrons. The van der Waals surface area contributed by atoms with Gasteiger partial charge in [0, 0.05) is 0 Å². The van der Waals surface area contributed by atoms with Crippen molar-refractivity contribution < 1.29 is 57.0 Å². The lowest BCUT2D eigenvalue weighted by Gasteiger charge is -2.41. The first-order chi connectivity index (χ1) is 29.4. The topological polar surface area (TPSA) is 212 Å². The second-order valence-corrected chi connectivity index (χ2v) is 18.6. The van der Waals surface area contributed by atoms with Gasteiger partial charge in [-0.05, 0) is 19.3 Å². The zero-order valence-corrected chi connectivity index (χ0v) is 39.2. The minimum absolute atomic E-state index is 0.248. The molecule has 362 valence electrons. The Morgan fingerprint density at radius 2 is 1.07 bits per heavy atom. The second-order valence-electron chi connectivity index (χ2n) is 17.6. The third-order valence-electron chi connectivity index (χ3n) is 11.9. The number of nitrogens with one attached hydrogen (secondary N) is 1. The van der Waals surface area contributed by atoms with E-state index in [4.69, 9.17) is 9.47 Å². The Bertz CT molecular complexity index is 1160. The molecule has 1 rings (SSSR count). The largest absolute Gasteiger partial charge is 0.397 e. The highest BCUT2D eigenvalue weighted by Gasteiger charge is 2.48. The molecule has 8 unspecified atom stereocenters. The molecule has 7 N–H and O–H groups in total. The van der Waals surface area contributed by atoms with E-state index in [1.807, 2.05) is 6.08 Å². The maximum atomic E-state index is 13.1. The van der Waals surface area contributed by atoms with Crippen LogP contribution >= 0.6 is 0 Å². The van der Waals surface area contributed by atoms with Crippen LogP contribution in [0.1, 0.15) is 219 Å². The molecule has 14 heteroatoms. The number of aliphatic hydroxyl groups is 5. The maximum Gasteiger partial charge on any atom is 0.397 e. The molecule has 8 atom stereocenters. The Morgan fingerprint density at radius 3 is 1.48 bits per heavy atom. The van der Waals surface area contributed by atoms with Crippen molar-refractivity contribution >= 4 is 16.3 Å². The van der Waals surface area contributed by atoms with Crippen LogP contribution in [0.5, 0.6) is 0 Å². The van der Waals surface area contributed by atoms with Gasteiger partial charge in [0.25, 0.3) is 0 Å². The molecule has 0 aromatic carbocycles. The number of unbranched alkanes of at least 4 members (excludes halogenated alkanes) is 29. The van der Waals surface area contributed by atoms with Gasteiger partial charge in [-0.25, -0.2) is 4.18 Å². The summed E-state index contributed by atoms with van der Waals surface area (Å²) in [5.74, 6) is -0.699. The monoisotopic (exact) mass is 894 g/mol. The lowest BCUT2D eigenvalue weighted by Crippen LogP contribution is -2.61. The summed E-state index contributed by atoms with van der Waals surface area (Å²) in [4.78, 5) is 13.1. The maximum absolute atomic E-state index is 13.1. The summed E-state index contributed by atoms with van der Waals surface area (Å²) in [5, 5.41) is 55.3. The fourth-order valence-corrected chi connectivity index (χ4v) is 8.50. The molecule has 1 fully saturated rings. The van der Waals surface area contributed by atoms with Crippen molar-refractivity contribution in [2.24, 2.45) is 0 Å². The molecule has 0 saturated carbocycles. The number of amides is 1. The van der Waals surface area contributed by atoms with Gasteiger partial charge in [0.05, 0.1) is 25.4 Å². The van der Waals surface area contributed by atoms with Crippen molar-refractivity contribution in [2.45, 2.75) is 268 Å². The molecule has 0 spiro atoms. The van der Waals surface area contributed by atoms with Crippen molar-refractivity contribution in [1.82, 2.24) is 5.32 Å². The summed E-state index contributed by atoms with van der Waals surface area (Å²) in [6.45, 7) is 3.24. The lowest BCUT2D eigenvalue weighted by atomic mass is 9.99. The molecule has 1 amide bonds. The van der Waals surface area contributed by atoms with E-state index in [2.05, 4.69) is 23.3 Å². The summed E-state index contributed by atoms with van der Waals surface area (Å²) in [5.41, 5.74) is 0. The highest BCUT2D eigenvalue weighted by atomic mass is 32.3. The van der Waals surface area contributed by atoms with Gasteiger partial charge in [-0.3, -0.25) is 9.35 Å². The predicted octanol–water partition coefficient (Wildman–Crippen LogP) is 8.92. The van der Waals surface area contributed by atoms with Crippen LogP contribution in [0.2, 0.25) is 0 Å². The quantitative estimate of drug-likeness (QED) is 0.0174. The Morgan fingerprint density at radius 1 is 0.656 bits per heavy atom. The van der Waals surface area contributed by atoms with E-state index >= 15 is 0 Å². The zero-order valence-electron chi connectivity index (χ0n) is 38.4. The van der Waals surface area contributed by atoms with Crippen LogP contribution in [-0.2, 0) is 28.9 Å². The molecule has 0 bridgehead atoms. The molecular weight excluding hydrogens is 803 g/mol. The predicted molar refractivity (Wildman–Crippen MR) is 242 cm³/mol. The molecular formula is C47H91NO12S. The Kier molecular flexibility index (Phi) is 36.1. The minimum atomic E-state index is -5.12. The van der Waals surface area contributed by atoms with Crippen LogP contribution in [0, 0.1) is 0 Å². The molecule has 0 aromatic heterocycles. The van der Waals surface area contributed by atoms with Gasteiger partial charge in [0.2, 0.25) is 5.91 Å². The average Bonchev–Trinajstić information content (AvgIpc) is 3.23. The van der Waals surface area contributed by atoms with Crippen molar-refractivity contribution in [3.63, 3.8) is 0 Å². The van der Waals surface area contributed by atoms with E-state index in [0.29, 0.717) is 12.8 Å². The Hall–Kier alpha value is -1.20. The molecule has 0 aliphatic carbocycles. The van der Waals surface area contributed by atoms with Gasteiger partial charge >= 0.3 is 10.4 Å². The van der Waals surface area contributed by atoms with Crippen molar-refractivity contribution in [3.8, 4) is 0 Å². The van der Waals surface area contributed by atoms with Gasteiger partial charge in [-0.15, -0.1) is 0 Å². The van der Waals surface area contributed by atoms with Crippen LogP contribution in [0.3, 0.4) is 0 Å². The van der Waals surface area contributed by atoms with Crippen molar-refractivity contribution in [1.29, 1.82) is 0 Å². The minimum Gasteiger partial charge on any atom is -0.394 e. The van der Waals surface area contributed by atoms with Crippen LogP contribution < -0.4 is 5.32 Å². The first-order valence-corrected chi connectivity index (χ1v) is 26.0. The fraction of sp³-hybridized carbons (Fsp3) is 0.936. The van der Waals surface area contributed by atoms with Gasteiger partial charge in [-0.1, -0.05) is 212 Å². The summed E-state index contributed by atoms with van der Waals surface area (Å²) in [7, 11) is -5.12. The lowest BCUT2D eigenvalue weighted by molar-refractivity contribution is -0.298. The van der Waals surface area contributed by atoms with Gasteiger partial charge < -0.3 is 40.3 Å². The van der Waals surface area contributed by atoms with Gasteiger partial charge in [0.15, 0.2) is 6.29 Å². The second kappa shape index (κ2) is 38.1. The van der Waals surface area contributed by atoms with Crippen molar-refractivity contribution in [3.05, 3.63) is 12.2 Å². The number of allylic oxidation sites excluding steroid dienone is 1. The van der Waals surface area contributed by atoms with E-state index < -0.39 is 78.5 Å². The summed E-state index contributed by atoms with van der Waals surface area (Å²) < 4.78 is 47.6. The Labute approximate surface area is 371 Å². The zero-order chi connectivity index (χ0) is 45.0. The summed E-state index contributed by atoms with van der Waals surface area (Å²) in [6, 6.07) is -1.11. The smallest absolute Gasteiger partial charge is 0.394 e. The van der Waals surface area contributed by atoms with Crippen LogP contribution in [0.15, 0.2) is 12.2 Å². The van der Waals surface area contributed by atoms with E-state index in [1.165, 1.54) is 148 Å². The summed E-state index contributed by atoms with van der Waals surface area (Å²) in [6.07, 6.45) is 30.0. The van der Waals surface area contributed by atoms with E-state index in [1.54, 1.807) is 6.08 Å². The van der Waals surface area contributed by atoms with Gasteiger partial charge in [-0.2, -0.15) is 8.42 Å². The highest BCUT2D eigenvalue weighted by molar-refractivity contribution is 7.80. The fourth-order valence-electron chi connectivity index (χ4n) is 7.99. The first kappa shape index (κ1) is 57.8. The number of carbonyl (C=O) groups is 1. The molecule has 0 aromatic rings. The van der Waals surface area contributed by atoms with Crippen LogP contribution in [0.4, 0.5) is 0 Å². The van der Waals surface area contributed by atoms with Crippen LogP contribution in [0.25, 0.3) is 0 Å². The molecule has 1 saturated heterocycles. The molecule has 1 aliphatic heterocycles. The third-order valence-corrected chi connectivity index (χ3v) is 12.4. The van der Waals surface area contributed by atoms with E-state index in [9.17, 15) is 43.3 Å². The number of rotatable bonds is 42. The van der Waals surface area contributed by atoms with E-state index in [0.717, 1.165) is 38.5 Å². The highest BCUT2D eigenvalue weighted by Crippen LogP contribution is 2.26. The molecule has 13 nitrogen and oxygen atoms in total. The first-order valence-electron chi connectivity index (χ1n) is 24.7. The van der Waals surface area contributed by atoms with Crippen LogP contribution in [-0.4, -0.2) is 107 Å². The number of carbonyl (C=O) groups excluding carboxylic acids is 1. The normalized spacial score (nSPS) is 21.2. The molecule has 61 heavy (non-hydrogen) atoms. The average molecular weight is 894 g/mol. The SMILES string of the molecule is CCCCCCCCCCCCCCCCC/C=C/C(O)C(COC1OC(CO)C(O)C(OS(=O)(=O)O)C1O)NC(=O)C(O)CCCCCCCCCCCCCCCCC. The Balaban J connectivity index is 2.55. The number of ether oxygens (including phenoxy) is 2. The van der Waals surface area contributed by atoms with Gasteiger partial charge in [0.1, 0.15) is 30.5 Å². The number of hydrogen-bond acceptors (Lipinski definition) is 11. The van der Waals surface area contributed by atoms with Crippen molar-refractivity contribution in [2.75, 3.05) is 13.2 Å². The van der Waals surface area contributed by atoms with E-state index in [-0.39, 0.29) is 6.42 Å².